The highest BCUT2D eigenvalue weighted by Gasteiger charge is 2.42. The second-order valence-electron chi connectivity index (χ2n) is 26.8. The Bertz CT molecular complexity index is 2330. The third-order valence-electron chi connectivity index (χ3n) is 13.5. The first kappa shape index (κ1) is 77.7. The molecule has 20 nitrogen and oxygen atoms in total. The van der Waals surface area contributed by atoms with Crippen LogP contribution in [0, 0.1) is 53.3 Å². The predicted octanol–water partition coefficient (Wildman–Crippen LogP) is 7.07. The van der Waals surface area contributed by atoms with Gasteiger partial charge in [0.15, 0.2) is 0 Å². The van der Waals surface area contributed by atoms with Crippen molar-refractivity contribution in [2.24, 2.45) is 53.3 Å². The van der Waals surface area contributed by atoms with Crippen LogP contribution in [0.15, 0.2) is 30.3 Å². The summed E-state index contributed by atoms with van der Waals surface area (Å²) in [5.41, 5.74) is 0.772. The van der Waals surface area contributed by atoms with E-state index in [4.69, 9.17) is 4.74 Å². The number of halogens is 3. The Morgan fingerprint density at radius 1 is 0.314 bits per heavy atom. The van der Waals surface area contributed by atoms with Gasteiger partial charge in [-0.2, -0.15) is 13.2 Å². The van der Waals surface area contributed by atoms with E-state index in [1.54, 1.807) is 46.9 Å². The molecule has 0 bridgehead atoms. The molecule has 0 saturated heterocycles. The molecule has 0 unspecified atom stereocenters. The van der Waals surface area contributed by atoms with Crippen molar-refractivity contribution in [3.8, 4) is 0 Å². The second-order valence-corrected chi connectivity index (χ2v) is 26.8. The maximum absolute atomic E-state index is 14.5. The first-order valence-electron chi connectivity index (χ1n) is 30.8. The van der Waals surface area contributed by atoms with Crippen LogP contribution in [0.5, 0.6) is 0 Å². The monoisotopic (exact) mass is 1220 g/mol. The Kier molecular flexibility index (Phi) is 34.4. The molecule has 0 heterocycles. The van der Waals surface area contributed by atoms with Gasteiger partial charge in [-0.15, -0.1) is 0 Å². The van der Waals surface area contributed by atoms with Crippen LogP contribution in [0.2, 0.25) is 0 Å². The largest absolute Gasteiger partial charge is 0.471 e. The average Bonchev–Trinajstić information content (AvgIpc) is 2.50. The maximum atomic E-state index is 14.5. The van der Waals surface area contributed by atoms with Gasteiger partial charge in [0.25, 0.3) is 0 Å². The SMILES string of the molecule is CC(C)C[C@H](NC(=O)[C@H](CC(C)C)NC(=O)[C@H](CC(C)C)NC(=O)[C@H](CC(C)C)NC(=O)[C@H](CC(C)C)NC(=O)C(F)(F)F)C(=O)N[C@@H](CC(C)C)C(=O)N[C@@H](CC(C)C)C(=O)N[C@@H](CC(C)C)C(=O)N[C@@H](CC(C)C)C(=O)OCc1ccccc1. The molecule has 0 saturated carbocycles. The van der Waals surface area contributed by atoms with Crippen LogP contribution in [0.3, 0.4) is 0 Å². The smallest absolute Gasteiger partial charge is 0.459 e. The summed E-state index contributed by atoms with van der Waals surface area (Å²) in [4.78, 5) is 139. The number of amides is 9. The molecule has 1 aromatic rings. The molecule has 0 aromatic heterocycles. The molecule has 86 heavy (non-hydrogen) atoms. The number of nitrogens with one attached hydrogen (secondary N) is 9. The van der Waals surface area contributed by atoms with E-state index in [1.807, 2.05) is 113 Å². The van der Waals surface area contributed by atoms with Crippen molar-refractivity contribution in [1.29, 1.82) is 0 Å². The van der Waals surface area contributed by atoms with Crippen LogP contribution in [0.1, 0.15) is 188 Å². The first-order valence-corrected chi connectivity index (χ1v) is 30.8. The molecule has 1 rings (SSSR count). The molecule has 490 valence electrons. The highest BCUT2D eigenvalue weighted by atomic mass is 19.4. The summed E-state index contributed by atoms with van der Waals surface area (Å²) in [6.45, 7) is 32.7. The first-order chi connectivity index (χ1) is 39.8. The van der Waals surface area contributed by atoms with Crippen molar-refractivity contribution in [1.82, 2.24) is 47.9 Å². The van der Waals surface area contributed by atoms with E-state index in [0.717, 1.165) is 5.56 Å². The fourth-order valence-electron chi connectivity index (χ4n) is 9.56. The lowest BCUT2D eigenvalue weighted by atomic mass is 9.97. The molecule has 0 aliphatic carbocycles. The van der Waals surface area contributed by atoms with E-state index in [-0.39, 0.29) is 118 Å². The van der Waals surface area contributed by atoms with Gasteiger partial charge in [0.1, 0.15) is 61.0 Å². The summed E-state index contributed by atoms with van der Waals surface area (Å²) in [5, 5.41) is 23.8. The maximum Gasteiger partial charge on any atom is 0.471 e. The minimum Gasteiger partial charge on any atom is -0.459 e. The van der Waals surface area contributed by atoms with Gasteiger partial charge in [0, 0.05) is 0 Å². The number of carbonyl (C=O) groups is 10. The lowest BCUT2D eigenvalue weighted by molar-refractivity contribution is -0.174. The number of ether oxygens (including phenoxy) is 1. The van der Waals surface area contributed by atoms with Gasteiger partial charge in [-0.25, -0.2) is 4.79 Å². The summed E-state index contributed by atoms with van der Waals surface area (Å²) >= 11 is 0. The van der Waals surface area contributed by atoms with Crippen LogP contribution < -0.4 is 47.9 Å². The minimum absolute atomic E-state index is 0.00417. The summed E-state index contributed by atoms with van der Waals surface area (Å²) < 4.78 is 45.4. The third-order valence-corrected chi connectivity index (χ3v) is 13.5. The van der Waals surface area contributed by atoms with Crippen molar-refractivity contribution < 1.29 is 65.9 Å². The molecule has 0 aliphatic heterocycles. The van der Waals surface area contributed by atoms with Crippen LogP contribution in [0.4, 0.5) is 13.2 Å². The van der Waals surface area contributed by atoms with Crippen LogP contribution in [0.25, 0.3) is 0 Å². The molecule has 0 fully saturated rings. The van der Waals surface area contributed by atoms with Crippen molar-refractivity contribution in [3.63, 3.8) is 0 Å². The normalized spacial score (nSPS) is 15.1. The van der Waals surface area contributed by atoms with Crippen LogP contribution in [-0.4, -0.2) is 120 Å². The number of hydrogen-bond donors (Lipinski definition) is 9. The Balaban J connectivity index is 3.52. The van der Waals surface area contributed by atoms with Crippen molar-refractivity contribution in [3.05, 3.63) is 35.9 Å². The highest BCUT2D eigenvalue weighted by Crippen LogP contribution is 2.19. The molecular formula is C63H106F3N9O11. The van der Waals surface area contributed by atoms with Gasteiger partial charge in [0.2, 0.25) is 47.3 Å². The standard InChI is InChI=1S/C63H106F3N9O11/c1-34(2)24-44(67-54(77)45(25-35(3)4)69-56(79)47(27-37(7)8)71-58(81)49(29-39(11)12)73-60(83)51(31-41(15)16)75-62(85)63(64,65)66)53(76)68-46(26-36(5)6)55(78)70-48(28-38(9)10)57(80)72-50(30-40(13)14)59(82)74-52(32-42(17)18)61(84)86-33-43-22-20-19-21-23-43/h19-23,34-42,44-52H,24-33H2,1-18H3,(H,67,77)(H,68,76)(H,69,79)(H,70,78)(H,71,81)(H,72,80)(H,73,83)(H,74,82)(H,75,85)/t44-,45-,46-,47-,48-,49-,50-,51-,52-/m0/s1. The Hall–Kier alpha value is -6.29. The third kappa shape index (κ3) is 31.4. The summed E-state index contributed by atoms with van der Waals surface area (Å²) in [6.07, 6.45) is -4.44. The molecular weight excluding hydrogens is 1120 g/mol. The van der Waals surface area contributed by atoms with E-state index in [2.05, 4.69) is 42.5 Å². The number of hydrogen-bond acceptors (Lipinski definition) is 11. The van der Waals surface area contributed by atoms with Gasteiger partial charge in [0.05, 0.1) is 0 Å². The molecule has 9 atom stereocenters. The summed E-state index contributed by atoms with van der Waals surface area (Å²) in [5.74, 6) is -10.4. The van der Waals surface area contributed by atoms with Gasteiger partial charge >= 0.3 is 18.1 Å². The molecule has 0 spiro atoms. The molecule has 0 radical (unpaired) electrons. The van der Waals surface area contributed by atoms with E-state index < -0.39 is 120 Å². The number of esters is 1. The van der Waals surface area contributed by atoms with E-state index in [1.165, 1.54) is 0 Å². The predicted molar refractivity (Wildman–Crippen MR) is 325 cm³/mol. The van der Waals surface area contributed by atoms with Crippen LogP contribution in [-0.2, 0) is 59.3 Å². The van der Waals surface area contributed by atoms with Crippen molar-refractivity contribution >= 4 is 59.1 Å². The Morgan fingerprint density at radius 2 is 0.500 bits per heavy atom. The average molecular weight is 1220 g/mol. The van der Waals surface area contributed by atoms with Gasteiger partial charge in [-0.3, -0.25) is 43.2 Å². The van der Waals surface area contributed by atoms with Crippen molar-refractivity contribution in [2.45, 2.75) is 250 Å². The van der Waals surface area contributed by atoms with Gasteiger partial charge in [-0.05, 0) is 117 Å². The quantitative estimate of drug-likeness (QED) is 0.0302. The van der Waals surface area contributed by atoms with Gasteiger partial charge < -0.3 is 52.6 Å². The van der Waals surface area contributed by atoms with E-state index in [0.29, 0.717) is 0 Å². The fourth-order valence-corrected chi connectivity index (χ4v) is 9.56. The lowest BCUT2D eigenvalue weighted by Gasteiger charge is -2.30. The zero-order valence-corrected chi connectivity index (χ0v) is 54.5. The molecule has 0 aliphatic rings. The summed E-state index contributed by atoms with van der Waals surface area (Å²) in [7, 11) is 0. The van der Waals surface area contributed by atoms with E-state index >= 15 is 0 Å². The topological polar surface area (TPSA) is 288 Å². The fraction of sp³-hybridized carbons (Fsp3) is 0.746. The summed E-state index contributed by atoms with van der Waals surface area (Å²) in [6, 6.07) is -2.11. The van der Waals surface area contributed by atoms with Gasteiger partial charge in [-0.1, -0.05) is 155 Å². The number of benzene rings is 1. The molecule has 23 heteroatoms. The van der Waals surface area contributed by atoms with Crippen molar-refractivity contribution in [2.75, 3.05) is 0 Å². The Morgan fingerprint density at radius 3 is 0.698 bits per heavy atom. The zero-order chi connectivity index (χ0) is 65.9. The minimum atomic E-state index is -5.27. The van der Waals surface area contributed by atoms with Crippen LogP contribution >= 0.6 is 0 Å². The molecule has 9 amide bonds. The highest BCUT2D eigenvalue weighted by molar-refractivity contribution is 5.98. The number of rotatable bonds is 38. The Labute approximate surface area is 509 Å². The second kappa shape index (κ2) is 38.1. The molecule has 1 aromatic carbocycles. The number of alkyl halides is 3. The number of carbonyl (C=O) groups excluding carboxylic acids is 10. The lowest BCUT2D eigenvalue weighted by Crippen LogP contribution is -2.61. The van der Waals surface area contributed by atoms with E-state index in [9.17, 15) is 61.1 Å². The zero-order valence-electron chi connectivity index (χ0n) is 54.5. The molecule has 9 N–H and O–H groups in total.